The van der Waals surface area contributed by atoms with Crippen molar-refractivity contribution in [3.05, 3.63) is 23.8 Å². The van der Waals surface area contributed by atoms with Gasteiger partial charge in [0, 0.05) is 26.1 Å². The summed E-state index contributed by atoms with van der Waals surface area (Å²) < 4.78 is 32.9. The molecule has 2 atom stereocenters. The molecule has 0 N–H and O–H groups in total. The van der Waals surface area contributed by atoms with E-state index in [9.17, 15) is 18.0 Å². The van der Waals surface area contributed by atoms with Crippen molar-refractivity contribution < 1.29 is 22.7 Å². The van der Waals surface area contributed by atoms with E-state index in [0.29, 0.717) is 44.6 Å². The number of hydrogen-bond donors (Lipinski definition) is 0. The standard InChI is InChI=1S/C19H26N2O5S/c1-14-5-6-18(17(12-14)20-10-7-15(13-20)8-11-22)27(24,25)21-9-3-4-16(21)19(23)26-2/h5-6,11-12,15-16H,3-4,7-10,13H2,1-2H3/t15?,16-/m0/s1. The summed E-state index contributed by atoms with van der Waals surface area (Å²) in [6.07, 6.45) is 3.37. The minimum atomic E-state index is -3.84. The van der Waals surface area contributed by atoms with Crippen LogP contribution in [-0.2, 0) is 24.3 Å². The van der Waals surface area contributed by atoms with Crippen LogP contribution in [-0.4, -0.2) is 57.8 Å². The molecule has 1 unspecified atom stereocenters. The van der Waals surface area contributed by atoms with Crippen molar-refractivity contribution in [3.8, 4) is 0 Å². The molecule has 2 heterocycles. The molecule has 0 spiro atoms. The summed E-state index contributed by atoms with van der Waals surface area (Å²) in [5.74, 6) is -0.273. The molecule has 0 amide bonds. The van der Waals surface area contributed by atoms with Crippen LogP contribution in [0.3, 0.4) is 0 Å². The summed E-state index contributed by atoms with van der Waals surface area (Å²) in [6, 6.07) is 4.51. The summed E-state index contributed by atoms with van der Waals surface area (Å²) in [5.41, 5.74) is 1.62. The number of nitrogens with zero attached hydrogens (tertiary/aromatic N) is 2. The normalized spacial score (nSPS) is 23.6. The van der Waals surface area contributed by atoms with E-state index in [1.807, 2.05) is 17.9 Å². The Hall–Kier alpha value is -1.93. The van der Waals surface area contributed by atoms with Gasteiger partial charge in [0.25, 0.3) is 0 Å². The number of esters is 1. The Morgan fingerprint density at radius 3 is 2.78 bits per heavy atom. The van der Waals surface area contributed by atoms with Crippen LogP contribution in [0, 0.1) is 12.8 Å². The van der Waals surface area contributed by atoms with Gasteiger partial charge in [-0.05, 0) is 49.8 Å². The first-order chi connectivity index (χ1) is 12.9. The summed E-state index contributed by atoms with van der Waals surface area (Å²) in [4.78, 5) is 25.1. The highest BCUT2D eigenvalue weighted by Crippen LogP contribution is 2.35. The Balaban J connectivity index is 1.96. The first-order valence-electron chi connectivity index (χ1n) is 9.27. The second-order valence-electron chi connectivity index (χ2n) is 7.27. The number of methoxy groups -OCH3 is 1. The van der Waals surface area contributed by atoms with E-state index in [0.717, 1.165) is 18.3 Å². The molecule has 0 aliphatic carbocycles. The molecule has 0 radical (unpaired) electrons. The van der Waals surface area contributed by atoms with E-state index in [2.05, 4.69) is 0 Å². The lowest BCUT2D eigenvalue weighted by Gasteiger charge is -2.27. The SMILES string of the molecule is COC(=O)[C@@H]1CCCN1S(=O)(=O)c1ccc(C)cc1N1CCC(CC=O)C1. The monoisotopic (exact) mass is 394 g/mol. The van der Waals surface area contributed by atoms with Crippen molar-refractivity contribution in [1.82, 2.24) is 4.31 Å². The van der Waals surface area contributed by atoms with Gasteiger partial charge in [-0.2, -0.15) is 4.31 Å². The van der Waals surface area contributed by atoms with Crippen LogP contribution in [0.15, 0.2) is 23.1 Å². The number of benzene rings is 1. The van der Waals surface area contributed by atoms with Crippen molar-refractivity contribution in [3.63, 3.8) is 0 Å². The van der Waals surface area contributed by atoms with Crippen molar-refractivity contribution in [2.24, 2.45) is 5.92 Å². The van der Waals surface area contributed by atoms with Gasteiger partial charge in [-0.25, -0.2) is 8.42 Å². The van der Waals surface area contributed by atoms with E-state index in [4.69, 9.17) is 4.74 Å². The van der Waals surface area contributed by atoms with Crippen LogP contribution in [0.5, 0.6) is 0 Å². The number of rotatable bonds is 6. The lowest BCUT2D eigenvalue weighted by Crippen LogP contribution is -2.41. The second kappa shape index (κ2) is 7.98. The van der Waals surface area contributed by atoms with Crippen LogP contribution >= 0.6 is 0 Å². The minimum absolute atomic E-state index is 0.218. The maximum absolute atomic E-state index is 13.4. The average molecular weight is 394 g/mol. The Kier molecular flexibility index (Phi) is 5.86. The molecule has 0 saturated carbocycles. The summed E-state index contributed by atoms with van der Waals surface area (Å²) in [7, 11) is -2.56. The van der Waals surface area contributed by atoms with Gasteiger partial charge >= 0.3 is 5.97 Å². The topological polar surface area (TPSA) is 84.0 Å². The van der Waals surface area contributed by atoms with Gasteiger partial charge in [-0.3, -0.25) is 4.79 Å². The average Bonchev–Trinajstić information content (AvgIpc) is 3.31. The highest BCUT2D eigenvalue weighted by molar-refractivity contribution is 7.89. The number of aryl methyl sites for hydroxylation is 1. The van der Waals surface area contributed by atoms with Crippen LogP contribution in [0.2, 0.25) is 0 Å². The molecule has 8 heteroatoms. The van der Waals surface area contributed by atoms with Crippen molar-refractivity contribution in [2.45, 2.75) is 43.5 Å². The molecule has 3 rings (SSSR count). The first kappa shape index (κ1) is 19.8. The zero-order valence-corrected chi connectivity index (χ0v) is 16.6. The predicted octanol–water partition coefficient (Wildman–Crippen LogP) is 1.74. The van der Waals surface area contributed by atoms with Gasteiger partial charge in [-0.1, -0.05) is 6.07 Å². The minimum Gasteiger partial charge on any atom is -0.468 e. The molecule has 27 heavy (non-hydrogen) atoms. The molecule has 1 aromatic rings. The maximum Gasteiger partial charge on any atom is 0.324 e. The lowest BCUT2D eigenvalue weighted by molar-refractivity contribution is -0.144. The highest BCUT2D eigenvalue weighted by atomic mass is 32.2. The van der Waals surface area contributed by atoms with E-state index >= 15 is 0 Å². The number of aldehydes is 1. The van der Waals surface area contributed by atoms with Gasteiger partial charge in [0.1, 0.15) is 17.2 Å². The van der Waals surface area contributed by atoms with Gasteiger partial charge < -0.3 is 14.4 Å². The van der Waals surface area contributed by atoms with Gasteiger partial charge in [0.15, 0.2) is 0 Å². The molecular weight excluding hydrogens is 368 g/mol. The molecule has 148 valence electrons. The fourth-order valence-corrected chi connectivity index (χ4v) is 5.84. The first-order valence-corrected chi connectivity index (χ1v) is 10.7. The molecule has 0 aromatic heterocycles. The summed E-state index contributed by atoms with van der Waals surface area (Å²) in [5, 5.41) is 0. The Morgan fingerprint density at radius 1 is 1.30 bits per heavy atom. The number of hydrogen-bond acceptors (Lipinski definition) is 6. The van der Waals surface area contributed by atoms with Crippen molar-refractivity contribution >= 4 is 28.0 Å². The number of sulfonamides is 1. The fraction of sp³-hybridized carbons (Fsp3) is 0.579. The molecular formula is C19H26N2O5S. The van der Waals surface area contributed by atoms with Crippen LogP contribution in [0.1, 0.15) is 31.2 Å². The number of carbonyl (C=O) groups is 2. The molecule has 7 nitrogen and oxygen atoms in total. The van der Waals surface area contributed by atoms with E-state index in [-0.39, 0.29) is 10.8 Å². The van der Waals surface area contributed by atoms with E-state index in [1.165, 1.54) is 11.4 Å². The second-order valence-corrected chi connectivity index (χ2v) is 9.13. The van der Waals surface area contributed by atoms with E-state index < -0.39 is 22.0 Å². The van der Waals surface area contributed by atoms with Crippen LogP contribution in [0.4, 0.5) is 5.69 Å². The van der Waals surface area contributed by atoms with Crippen LogP contribution < -0.4 is 4.90 Å². The maximum atomic E-state index is 13.4. The lowest BCUT2D eigenvalue weighted by atomic mass is 10.1. The Morgan fingerprint density at radius 2 is 2.07 bits per heavy atom. The number of anilines is 1. The molecule has 2 aliphatic heterocycles. The third-order valence-electron chi connectivity index (χ3n) is 5.43. The smallest absolute Gasteiger partial charge is 0.324 e. The molecule has 2 saturated heterocycles. The Labute approximate surface area is 160 Å². The fourth-order valence-electron chi connectivity index (χ4n) is 4.00. The third-order valence-corrected chi connectivity index (χ3v) is 7.39. The van der Waals surface area contributed by atoms with Crippen molar-refractivity contribution in [1.29, 1.82) is 0 Å². The van der Waals surface area contributed by atoms with Crippen molar-refractivity contribution in [2.75, 3.05) is 31.6 Å². The molecule has 0 bridgehead atoms. The van der Waals surface area contributed by atoms with Crippen LogP contribution in [0.25, 0.3) is 0 Å². The molecule has 2 fully saturated rings. The number of carbonyl (C=O) groups excluding carboxylic acids is 2. The van der Waals surface area contributed by atoms with Gasteiger partial charge in [-0.15, -0.1) is 0 Å². The molecule has 2 aliphatic rings. The van der Waals surface area contributed by atoms with E-state index in [1.54, 1.807) is 12.1 Å². The Bertz CT molecular complexity index is 823. The van der Waals surface area contributed by atoms with Gasteiger partial charge in [0.05, 0.1) is 12.8 Å². The highest BCUT2D eigenvalue weighted by Gasteiger charge is 2.41. The zero-order chi connectivity index (χ0) is 19.6. The summed E-state index contributed by atoms with van der Waals surface area (Å²) >= 11 is 0. The van der Waals surface area contributed by atoms with Gasteiger partial charge in [0.2, 0.25) is 10.0 Å². The third kappa shape index (κ3) is 3.87. The molecule has 1 aromatic carbocycles. The zero-order valence-electron chi connectivity index (χ0n) is 15.8. The number of ether oxygens (including phenoxy) is 1. The largest absolute Gasteiger partial charge is 0.468 e. The summed E-state index contributed by atoms with van der Waals surface area (Å²) in [6.45, 7) is 3.60. The quantitative estimate of drug-likeness (QED) is 0.540. The predicted molar refractivity (Wildman–Crippen MR) is 101 cm³/mol.